The maximum atomic E-state index is 13.9. The molecule has 0 N–H and O–H groups in total. The lowest BCUT2D eigenvalue weighted by atomic mass is 9.94. The zero-order valence-corrected chi connectivity index (χ0v) is 17.0. The number of ketones is 1. The number of hydrogen-bond acceptors (Lipinski definition) is 7. The molecule has 3 fully saturated rings. The third-order valence-electron chi connectivity index (χ3n) is 6.81. The van der Waals surface area contributed by atoms with Crippen LogP contribution in [0, 0.1) is 5.92 Å². The third kappa shape index (κ3) is 3.82. The molecule has 5 rings (SSSR count). The summed E-state index contributed by atoms with van der Waals surface area (Å²) in [7, 11) is 0. The molecule has 31 heavy (non-hydrogen) atoms. The van der Waals surface area contributed by atoms with Crippen LogP contribution in [0.1, 0.15) is 25.7 Å². The first-order valence-corrected chi connectivity index (χ1v) is 10.7. The average Bonchev–Trinajstić information content (AvgIpc) is 3.37. The maximum absolute atomic E-state index is 13.9. The number of rotatable bonds is 4. The first-order chi connectivity index (χ1) is 14.8. The molecule has 0 aliphatic carbocycles. The summed E-state index contributed by atoms with van der Waals surface area (Å²) >= 11 is 0. The highest BCUT2D eigenvalue weighted by Gasteiger charge is 2.48. The van der Waals surface area contributed by atoms with Crippen LogP contribution in [0.15, 0.2) is 10.9 Å². The Labute approximate surface area is 176 Å². The Hall–Kier alpha value is -2.14. The van der Waals surface area contributed by atoms with Crippen molar-refractivity contribution >= 4 is 17.5 Å². The Morgan fingerprint density at radius 3 is 2.65 bits per heavy atom. The minimum atomic E-state index is -4.53. The lowest BCUT2D eigenvalue weighted by Gasteiger charge is -2.40. The number of aromatic nitrogens is 2. The number of hydrogen-bond donors (Lipinski definition) is 0. The fourth-order valence-corrected chi connectivity index (χ4v) is 5.12. The first-order valence-electron chi connectivity index (χ1n) is 10.7. The number of ether oxygens (including phenoxy) is 2. The summed E-state index contributed by atoms with van der Waals surface area (Å²) < 4.78 is 53.8. The van der Waals surface area contributed by atoms with Gasteiger partial charge in [-0.05, 0) is 25.7 Å². The van der Waals surface area contributed by atoms with E-state index in [0.717, 1.165) is 11.3 Å². The van der Waals surface area contributed by atoms with Gasteiger partial charge in [-0.3, -0.25) is 14.2 Å². The molecule has 0 radical (unpaired) electrons. The van der Waals surface area contributed by atoms with Crippen molar-refractivity contribution in [1.29, 1.82) is 0 Å². The fraction of sp³-hybridized carbons (Fsp3) is 0.750. The molecule has 4 aliphatic heterocycles. The van der Waals surface area contributed by atoms with Crippen LogP contribution >= 0.6 is 0 Å². The summed E-state index contributed by atoms with van der Waals surface area (Å²) in [6.07, 6.45) is -2.95. The molecule has 11 heteroatoms. The predicted molar refractivity (Wildman–Crippen MR) is 104 cm³/mol. The van der Waals surface area contributed by atoms with Crippen LogP contribution in [0.3, 0.4) is 0 Å². The van der Waals surface area contributed by atoms with Gasteiger partial charge in [0.1, 0.15) is 11.9 Å². The highest BCUT2D eigenvalue weighted by atomic mass is 19.4. The SMILES string of the molecule is O=C(CN1c2nc(N3C[C@@H]4C[C@H]3CO4)cc(=O)n2CCC1C(F)(F)F)C1CCOCC1. The van der Waals surface area contributed by atoms with Crippen LogP contribution in [0.5, 0.6) is 0 Å². The normalized spacial score (nSPS) is 28.8. The molecule has 1 unspecified atom stereocenters. The van der Waals surface area contributed by atoms with Gasteiger partial charge in [-0.25, -0.2) is 0 Å². The molecule has 0 amide bonds. The quantitative estimate of drug-likeness (QED) is 0.697. The Balaban J connectivity index is 1.49. The maximum Gasteiger partial charge on any atom is 0.408 e. The van der Waals surface area contributed by atoms with Gasteiger partial charge >= 0.3 is 6.18 Å². The molecule has 2 bridgehead atoms. The molecule has 1 aromatic rings. The van der Waals surface area contributed by atoms with Gasteiger partial charge in [0.2, 0.25) is 5.95 Å². The monoisotopic (exact) mass is 442 g/mol. The van der Waals surface area contributed by atoms with Crippen molar-refractivity contribution in [2.45, 2.75) is 56.6 Å². The molecule has 4 aliphatic rings. The summed E-state index contributed by atoms with van der Waals surface area (Å²) in [6, 6.07) is -0.396. The highest BCUT2D eigenvalue weighted by Crippen LogP contribution is 2.36. The Morgan fingerprint density at radius 2 is 2.00 bits per heavy atom. The Morgan fingerprint density at radius 1 is 1.23 bits per heavy atom. The van der Waals surface area contributed by atoms with Gasteiger partial charge < -0.3 is 19.3 Å². The molecular formula is C20H25F3N4O4. The standard InChI is InChI=1S/C20H25F3N4O4/c21-20(22,23)16-1-4-25-18(29)8-17(26-9-14-7-13(26)11-31-14)24-19(25)27(16)10-15(28)12-2-5-30-6-3-12/h8,12-14,16H,1-7,9-11H2/t13-,14-,16?/m0/s1. The lowest BCUT2D eigenvalue weighted by Crippen LogP contribution is -2.55. The summed E-state index contributed by atoms with van der Waals surface area (Å²) in [5.74, 6) is -0.308. The van der Waals surface area contributed by atoms with Gasteiger partial charge in [0.25, 0.3) is 5.56 Å². The number of nitrogens with zero attached hydrogens (tertiary/aromatic N) is 4. The van der Waals surface area contributed by atoms with Crippen molar-refractivity contribution in [3.63, 3.8) is 0 Å². The molecule has 8 nitrogen and oxygen atoms in total. The zero-order chi connectivity index (χ0) is 21.8. The number of morpholine rings is 1. The summed E-state index contributed by atoms with van der Waals surface area (Å²) in [5, 5.41) is 0. The molecule has 0 spiro atoms. The van der Waals surface area contributed by atoms with E-state index in [2.05, 4.69) is 4.98 Å². The average molecular weight is 442 g/mol. The molecule has 3 atom stereocenters. The van der Waals surface area contributed by atoms with Gasteiger partial charge in [0, 0.05) is 38.3 Å². The fourth-order valence-electron chi connectivity index (χ4n) is 5.12. The number of anilines is 2. The van der Waals surface area contributed by atoms with Crippen molar-refractivity contribution in [2.75, 3.05) is 42.7 Å². The first kappa shape index (κ1) is 20.7. The molecule has 0 saturated carbocycles. The van der Waals surface area contributed by atoms with Crippen LogP contribution in [-0.2, 0) is 20.8 Å². The largest absolute Gasteiger partial charge is 0.408 e. The minimum Gasteiger partial charge on any atom is -0.381 e. The summed E-state index contributed by atoms with van der Waals surface area (Å²) in [5.41, 5.74) is -0.396. The highest BCUT2D eigenvalue weighted by molar-refractivity contribution is 5.85. The summed E-state index contributed by atoms with van der Waals surface area (Å²) in [6.45, 7) is 1.43. The van der Waals surface area contributed by atoms with Crippen molar-refractivity contribution in [3.05, 3.63) is 16.4 Å². The minimum absolute atomic E-state index is 0.0553. The van der Waals surface area contributed by atoms with Crippen molar-refractivity contribution in [3.8, 4) is 0 Å². The second kappa shape index (κ2) is 7.77. The Bertz CT molecular complexity index is 915. The van der Waals surface area contributed by atoms with Gasteiger partial charge in [-0.1, -0.05) is 0 Å². The van der Waals surface area contributed by atoms with Crippen molar-refractivity contribution in [2.24, 2.45) is 5.92 Å². The predicted octanol–water partition coefficient (Wildman–Crippen LogP) is 1.36. The van der Waals surface area contributed by atoms with E-state index in [4.69, 9.17) is 9.47 Å². The van der Waals surface area contributed by atoms with E-state index in [1.54, 1.807) is 0 Å². The number of carbonyl (C=O) groups is 1. The smallest absolute Gasteiger partial charge is 0.381 e. The number of alkyl halides is 3. The van der Waals surface area contributed by atoms with E-state index in [9.17, 15) is 22.8 Å². The molecule has 1 aromatic heterocycles. The van der Waals surface area contributed by atoms with E-state index in [1.165, 1.54) is 10.6 Å². The summed E-state index contributed by atoms with van der Waals surface area (Å²) in [4.78, 5) is 33.1. The second-order valence-corrected chi connectivity index (χ2v) is 8.73. The topological polar surface area (TPSA) is 76.9 Å². The number of halogens is 3. The van der Waals surface area contributed by atoms with Crippen LogP contribution in [0.4, 0.5) is 24.9 Å². The molecular weight excluding hydrogens is 417 g/mol. The van der Waals surface area contributed by atoms with Gasteiger partial charge in [0.15, 0.2) is 5.78 Å². The van der Waals surface area contributed by atoms with Crippen LogP contribution in [0.25, 0.3) is 0 Å². The molecule has 0 aromatic carbocycles. The van der Waals surface area contributed by atoms with Crippen LogP contribution < -0.4 is 15.4 Å². The van der Waals surface area contributed by atoms with E-state index in [0.29, 0.717) is 45.0 Å². The zero-order valence-electron chi connectivity index (χ0n) is 17.0. The van der Waals surface area contributed by atoms with E-state index < -0.39 is 24.3 Å². The van der Waals surface area contributed by atoms with Gasteiger partial charge in [-0.2, -0.15) is 18.2 Å². The third-order valence-corrected chi connectivity index (χ3v) is 6.81. The number of Topliss-reactive ketones (excluding diaryl/α,β-unsaturated/α-hetero) is 1. The molecule has 170 valence electrons. The van der Waals surface area contributed by atoms with E-state index >= 15 is 0 Å². The van der Waals surface area contributed by atoms with E-state index in [1.807, 2.05) is 4.90 Å². The van der Waals surface area contributed by atoms with Crippen LogP contribution in [0.2, 0.25) is 0 Å². The van der Waals surface area contributed by atoms with Crippen molar-refractivity contribution in [1.82, 2.24) is 9.55 Å². The second-order valence-electron chi connectivity index (χ2n) is 8.73. The number of carbonyl (C=O) groups excluding carboxylic acids is 1. The molecule has 3 saturated heterocycles. The van der Waals surface area contributed by atoms with Gasteiger partial charge in [0.05, 0.1) is 25.3 Å². The van der Waals surface area contributed by atoms with Crippen LogP contribution in [-0.4, -0.2) is 72.6 Å². The van der Waals surface area contributed by atoms with Crippen molar-refractivity contribution < 1.29 is 27.4 Å². The number of fused-ring (bicyclic) bond motifs is 3. The molecule has 5 heterocycles. The lowest BCUT2D eigenvalue weighted by molar-refractivity contribution is -0.153. The van der Waals surface area contributed by atoms with Gasteiger partial charge in [-0.15, -0.1) is 0 Å². The Kier molecular flexibility index (Phi) is 5.20. The van der Waals surface area contributed by atoms with E-state index in [-0.39, 0.29) is 42.8 Å².